The van der Waals surface area contributed by atoms with Gasteiger partial charge in [0.1, 0.15) is 5.60 Å². The zero-order valence-electron chi connectivity index (χ0n) is 12.4. The second kappa shape index (κ2) is 4.87. The number of nitrogens with zero attached hydrogens (tertiary/aromatic N) is 4. The molecule has 0 atom stereocenters. The summed E-state index contributed by atoms with van der Waals surface area (Å²) in [6.07, 6.45) is 8.68. The normalized spacial score (nSPS) is 16.4. The molecule has 0 aromatic carbocycles. The van der Waals surface area contributed by atoms with Gasteiger partial charge < -0.3 is 4.74 Å². The van der Waals surface area contributed by atoms with Crippen LogP contribution in [0.15, 0.2) is 23.5 Å². The molecule has 21 heavy (non-hydrogen) atoms. The van der Waals surface area contributed by atoms with E-state index in [4.69, 9.17) is 4.74 Å². The van der Waals surface area contributed by atoms with Crippen LogP contribution >= 0.6 is 0 Å². The van der Waals surface area contributed by atoms with E-state index >= 15 is 0 Å². The van der Waals surface area contributed by atoms with Crippen molar-refractivity contribution in [2.75, 3.05) is 0 Å². The predicted molar refractivity (Wildman–Crippen MR) is 79.8 cm³/mol. The van der Waals surface area contributed by atoms with E-state index in [2.05, 4.69) is 10.1 Å². The Labute approximate surface area is 123 Å². The Morgan fingerprint density at radius 2 is 2.19 bits per heavy atom. The summed E-state index contributed by atoms with van der Waals surface area (Å²) in [6.45, 7) is 6.70. The third-order valence-corrected chi connectivity index (χ3v) is 3.16. The number of fused-ring (bicyclic) bond motifs is 3. The third-order valence-electron chi connectivity index (χ3n) is 3.16. The molecular formula is C15H18N4O2. The van der Waals surface area contributed by atoms with Crippen molar-refractivity contribution in [3.63, 3.8) is 0 Å². The van der Waals surface area contributed by atoms with Gasteiger partial charge in [-0.15, -0.1) is 0 Å². The molecule has 2 aliphatic heterocycles. The molecule has 0 radical (unpaired) electrons. The Hall–Kier alpha value is -2.37. The fourth-order valence-electron chi connectivity index (χ4n) is 2.26. The lowest BCUT2D eigenvalue weighted by Gasteiger charge is -2.26. The molecule has 6 heteroatoms. The van der Waals surface area contributed by atoms with E-state index in [1.54, 1.807) is 23.5 Å². The molecule has 0 spiro atoms. The van der Waals surface area contributed by atoms with Crippen LogP contribution in [0.3, 0.4) is 0 Å². The molecule has 0 N–H and O–H groups in total. The van der Waals surface area contributed by atoms with Crippen LogP contribution in [0.5, 0.6) is 0 Å². The van der Waals surface area contributed by atoms with Crippen LogP contribution in [-0.4, -0.2) is 32.6 Å². The number of amides is 1. The summed E-state index contributed by atoms with van der Waals surface area (Å²) in [5.74, 6) is 0. The highest BCUT2D eigenvalue weighted by molar-refractivity contribution is 5.83. The Balaban J connectivity index is 1.86. The van der Waals surface area contributed by atoms with E-state index in [1.165, 1.54) is 0 Å². The van der Waals surface area contributed by atoms with Gasteiger partial charge in [-0.3, -0.25) is 14.6 Å². The lowest BCUT2D eigenvalue weighted by atomic mass is 10.1. The second-order valence-electron chi connectivity index (χ2n) is 6.02. The fraction of sp³-hybridized carbons (Fsp3) is 0.400. The maximum atomic E-state index is 12.2. The Bertz CT molecular complexity index is 662. The maximum absolute atomic E-state index is 12.2. The number of hydrogen-bond donors (Lipinski definition) is 0. The van der Waals surface area contributed by atoms with Gasteiger partial charge >= 0.3 is 6.09 Å². The van der Waals surface area contributed by atoms with E-state index in [0.29, 0.717) is 13.1 Å². The number of rotatable bonds is 0. The molecule has 0 aliphatic carbocycles. The molecule has 3 rings (SSSR count). The monoisotopic (exact) mass is 286 g/mol. The van der Waals surface area contributed by atoms with Gasteiger partial charge in [-0.2, -0.15) is 5.10 Å². The van der Waals surface area contributed by atoms with Gasteiger partial charge in [0.25, 0.3) is 0 Å². The van der Waals surface area contributed by atoms with Gasteiger partial charge in [0, 0.05) is 18.0 Å². The van der Waals surface area contributed by atoms with Crippen LogP contribution in [0.1, 0.15) is 37.7 Å². The quantitative estimate of drug-likeness (QED) is 0.736. The molecule has 0 bridgehead atoms. The number of ether oxygens (including phenoxy) is 1. The smallest absolute Gasteiger partial charge is 0.414 e. The van der Waals surface area contributed by atoms with E-state index in [1.807, 2.05) is 37.6 Å². The van der Waals surface area contributed by atoms with Crippen molar-refractivity contribution in [1.29, 1.82) is 0 Å². The minimum absolute atomic E-state index is 0.354. The molecule has 6 nitrogen and oxygen atoms in total. The van der Waals surface area contributed by atoms with Gasteiger partial charge in [-0.25, -0.2) is 4.79 Å². The maximum Gasteiger partial charge on any atom is 0.414 e. The summed E-state index contributed by atoms with van der Waals surface area (Å²) in [5.41, 5.74) is 2.31. The van der Waals surface area contributed by atoms with Crippen molar-refractivity contribution in [2.24, 2.45) is 4.99 Å². The number of aromatic nitrogens is 2. The topological polar surface area (TPSA) is 59.7 Å². The van der Waals surface area contributed by atoms with Crippen molar-refractivity contribution >= 4 is 18.4 Å². The highest BCUT2D eigenvalue weighted by Gasteiger charge is 2.26. The van der Waals surface area contributed by atoms with Crippen LogP contribution in [0.25, 0.3) is 6.08 Å². The molecule has 0 unspecified atom stereocenters. The van der Waals surface area contributed by atoms with Gasteiger partial charge in [-0.05, 0) is 32.9 Å². The van der Waals surface area contributed by atoms with Gasteiger partial charge in [0.15, 0.2) is 0 Å². The first kappa shape index (κ1) is 13.6. The first-order chi connectivity index (χ1) is 9.94. The van der Waals surface area contributed by atoms with E-state index in [0.717, 1.165) is 17.0 Å². The average molecular weight is 286 g/mol. The number of allylic oxidation sites excluding steroid dienone is 1. The SMILES string of the molecule is CC(C)(C)OC(=O)N1C=Cc2nn3c(c2C1)C=NC=CC3. The molecule has 0 fully saturated rings. The number of carbonyl (C=O) groups is 1. The summed E-state index contributed by atoms with van der Waals surface area (Å²) in [7, 11) is 0. The van der Waals surface area contributed by atoms with E-state index < -0.39 is 5.60 Å². The summed E-state index contributed by atoms with van der Waals surface area (Å²) in [6, 6.07) is 0. The predicted octanol–water partition coefficient (Wildman–Crippen LogP) is 2.55. The standard InChI is InChI=1S/C15H18N4O2/c1-15(2,3)21-14(20)18-8-5-12-11(10-18)13-9-16-6-4-7-19(13)17-12/h4-6,8-9H,7,10H2,1-3H3. The number of hydrogen-bond acceptors (Lipinski definition) is 4. The van der Waals surface area contributed by atoms with Gasteiger partial charge in [-0.1, -0.05) is 0 Å². The molecule has 110 valence electrons. The molecule has 1 aromatic rings. The molecule has 1 aromatic heterocycles. The van der Waals surface area contributed by atoms with Gasteiger partial charge in [0.05, 0.1) is 30.7 Å². The number of aliphatic imine (C=N–C) groups is 1. The third kappa shape index (κ3) is 2.74. The number of carbonyl (C=O) groups excluding carboxylic acids is 1. The highest BCUT2D eigenvalue weighted by Crippen LogP contribution is 2.24. The molecule has 0 saturated heterocycles. The van der Waals surface area contributed by atoms with Crippen LogP contribution < -0.4 is 0 Å². The second-order valence-corrected chi connectivity index (χ2v) is 6.02. The Morgan fingerprint density at radius 3 is 2.95 bits per heavy atom. The zero-order valence-corrected chi connectivity index (χ0v) is 12.4. The molecular weight excluding hydrogens is 268 g/mol. The zero-order chi connectivity index (χ0) is 15.0. The molecule has 0 saturated carbocycles. The first-order valence-corrected chi connectivity index (χ1v) is 6.90. The van der Waals surface area contributed by atoms with Gasteiger partial charge in [0.2, 0.25) is 0 Å². The minimum atomic E-state index is -0.507. The largest absolute Gasteiger partial charge is 0.443 e. The van der Waals surface area contributed by atoms with E-state index in [-0.39, 0.29) is 6.09 Å². The fourth-order valence-corrected chi connectivity index (χ4v) is 2.26. The van der Waals surface area contributed by atoms with E-state index in [9.17, 15) is 4.79 Å². The minimum Gasteiger partial charge on any atom is -0.443 e. The molecule has 3 heterocycles. The van der Waals surface area contributed by atoms with Crippen molar-refractivity contribution in [3.8, 4) is 0 Å². The summed E-state index contributed by atoms with van der Waals surface area (Å²) >= 11 is 0. The van der Waals surface area contributed by atoms with Crippen LogP contribution in [0.2, 0.25) is 0 Å². The van der Waals surface area contributed by atoms with Crippen molar-refractivity contribution < 1.29 is 9.53 Å². The lowest BCUT2D eigenvalue weighted by Crippen LogP contribution is -2.34. The Morgan fingerprint density at radius 1 is 1.38 bits per heavy atom. The summed E-state index contributed by atoms with van der Waals surface area (Å²) in [5, 5.41) is 4.53. The molecule has 2 aliphatic rings. The van der Waals surface area contributed by atoms with Crippen molar-refractivity contribution in [1.82, 2.24) is 14.7 Å². The van der Waals surface area contributed by atoms with Crippen molar-refractivity contribution in [3.05, 3.63) is 35.4 Å². The van der Waals surface area contributed by atoms with Crippen molar-refractivity contribution in [2.45, 2.75) is 39.5 Å². The Kier molecular flexibility index (Phi) is 3.16. The first-order valence-electron chi connectivity index (χ1n) is 6.90. The van der Waals surface area contributed by atoms with Crippen LogP contribution in [-0.2, 0) is 17.8 Å². The van der Waals surface area contributed by atoms with Crippen LogP contribution in [0, 0.1) is 0 Å². The lowest BCUT2D eigenvalue weighted by molar-refractivity contribution is 0.0322. The summed E-state index contributed by atoms with van der Waals surface area (Å²) < 4.78 is 7.29. The average Bonchev–Trinajstić information content (AvgIpc) is 2.58. The highest BCUT2D eigenvalue weighted by atomic mass is 16.6. The van der Waals surface area contributed by atoms with Crippen LogP contribution in [0.4, 0.5) is 4.79 Å². The molecule has 1 amide bonds. The summed E-state index contributed by atoms with van der Waals surface area (Å²) in [4.78, 5) is 17.9.